The lowest BCUT2D eigenvalue weighted by Gasteiger charge is -2.42. The van der Waals surface area contributed by atoms with Gasteiger partial charge in [-0.2, -0.15) is 0 Å². The molecule has 0 N–H and O–H groups in total. The van der Waals surface area contributed by atoms with Crippen molar-refractivity contribution in [2.45, 2.75) is 13.0 Å². The van der Waals surface area contributed by atoms with E-state index in [1.54, 1.807) is 12.4 Å². The number of hydrogen-bond donors (Lipinski definition) is 0. The standard InChI is InChI=1S/C23H24N4O/c1-25-18-27(16-20-9-12-24-13-10-20)23(28)21-17-26(15-11-22(21)25)14-5-8-19-6-3-2-4-7-19/h2-4,6-7,9-10,12-13H,11,14-18H2,1H3. The van der Waals surface area contributed by atoms with Gasteiger partial charge in [-0.3, -0.25) is 14.7 Å². The number of carbonyl (C=O) groups is 1. The molecule has 0 fully saturated rings. The summed E-state index contributed by atoms with van der Waals surface area (Å²) in [7, 11) is 2.08. The van der Waals surface area contributed by atoms with Gasteiger partial charge in [-0.05, 0) is 29.8 Å². The Kier molecular flexibility index (Phi) is 5.41. The van der Waals surface area contributed by atoms with Crippen molar-refractivity contribution in [3.8, 4) is 11.8 Å². The minimum absolute atomic E-state index is 0.144. The number of benzene rings is 1. The van der Waals surface area contributed by atoms with E-state index in [1.165, 1.54) is 5.70 Å². The second-order valence-electron chi connectivity index (χ2n) is 7.25. The van der Waals surface area contributed by atoms with Crippen molar-refractivity contribution >= 4 is 5.91 Å². The zero-order valence-corrected chi connectivity index (χ0v) is 16.1. The second kappa shape index (κ2) is 8.28. The van der Waals surface area contributed by atoms with Crippen molar-refractivity contribution in [3.05, 3.63) is 77.3 Å². The van der Waals surface area contributed by atoms with Crippen LogP contribution in [0, 0.1) is 11.8 Å². The van der Waals surface area contributed by atoms with Gasteiger partial charge in [0.2, 0.25) is 0 Å². The molecule has 1 aromatic heterocycles. The molecule has 2 aliphatic heterocycles. The first-order chi connectivity index (χ1) is 13.7. The Morgan fingerprint density at radius 1 is 1.11 bits per heavy atom. The number of aromatic nitrogens is 1. The van der Waals surface area contributed by atoms with Gasteiger partial charge in [0.25, 0.3) is 5.91 Å². The van der Waals surface area contributed by atoms with Crippen molar-refractivity contribution in [3.63, 3.8) is 0 Å². The number of nitrogens with zero attached hydrogens (tertiary/aromatic N) is 4. The van der Waals surface area contributed by atoms with Crippen molar-refractivity contribution in [2.24, 2.45) is 0 Å². The van der Waals surface area contributed by atoms with E-state index in [0.717, 1.165) is 29.7 Å². The molecule has 0 bridgehead atoms. The quantitative estimate of drug-likeness (QED) is 0.776. The van der Waals surface area contributed by atoms with Gasteiger partial charge >= 0.3 is 0 Å². The molecule has 1 amide bonds. The van der Waals surface area contributed by atoms with Crippen LogP contribution in [-0.4, -0.2) is 58.9 Å². The maximum atomic E-state index is 13.1. The minimum Gasteiger partial charge on any atom is -0.360 e. The van der Waals surface area contributed by atoms with Crippen molar-refractivity contribution in [1.29, 1.82) is 0 Å². The van der Waals surface area contributed by atoms with Crippen molar-refractivity contribution < 1.29 is 4.79 Å². The molecule has 5 nitrogen and oxygen atoms in total. The van der Waals surface area contributed by atoms with Gasteiger partial charge in [0.15, 0.2) is 0 Å². The summed E-state index contributed by atoms with van der Waals surface area (Å²) in [5, 5.41) is 0. The second-order valence-corrected chi connectivity index (χ2v) is 7.25. The molecule has 0 radical (unpaired) electrons. The Labute approximate surface area is 166 Å². The Balaban J connectivity index is 1.44. The predicted octanol–water partition coefficient (Wildman–Crippen LogP) is 2.32. The van der Waals surface area contributed by atoms with E-state index in [1.807, 2.05) is 47.4 Å². The minimum atomic E-state index is 0.144. The highest BCUT2D eigenvalue weighted by Crippen LogP contribution is 2.27. The summed E-state index contributed by atoms with van der Waals surface area (Å²) in [6, 6.07) is 13.9. The molecule has 0 unspecified atom stereocenters. The van der Waals surface area contributed by atoms with E-state index in [0.29, 0.717) is 26.3 Å². The van der Waals surface area contributed by atoms with Crippen LogP contribution in [0.2, 0.25) is 0 Å². The van der Waals surface area contributed by atoms with Gasteiger partial charge in [-0.15, -0.1) is 0 Å². The predicted molar refractivity (Wildman–Crippen MR) is 109 cm³/mol. The van der Waals surface area contributed by atoms with Crippen LogP contribution >= 0.6 is 0 Å². The summed E-state index contributed by atoms with van der Waals surface area (Å²) in [6.07, 6.45) is 4.44. The largest absolute Gasteiger partial charge is 0.360 e. The maximum Gasteiger partial charge on any atom is 0.254 e. The van der Waals surface area contributed by atoms with Crippen molar-refractivity contribution in [1.82, 2.24) is 19.7 Å². The van der Waals surface area contributed by atoms with E-state index in [4.69, 9.17) is 0 Å². The molecular weight excluding hydrogens is 348 g/mol. The summed E-state index contributed by atoms with van der Waals surface area (Å²) in [4.78, 5) is 23.6. The summed E-state index contributed by atoms with van der Waals surface area (Å²) >= 11 is 0. The highest BCUT2D eigenvalue weighted by Gasteiger charge is 2.33. The Morgan fingerprint density at radius 2 is 1.89 bits per heavy atom. The van der Waals surface area contributed by atoms with Crippen LogP contribution in [0.25, 0.3) is 0 Å². The Hall–Kier alpha value is -3.10. The first-order valence-electron chi connectivity index (χ1n) is 9.58. The topological polar surface area (TPSA) is 39.7 Å². The lowest BCUT2D eigenvalue weighted by molar-refractivity contribution is -0.131. The Morgan fingerprint density at radius 3 is 2.68 bits per heavy atom. The van der Waals surface area contributed by atoms with E-state index >= 15 is 0 Å². The van der Waals surface area contributed by atoms with Crippen molar-refractivity contribution in [2.75, 3.05) is 33.4 Å². The molecule has 1 aromatic carbocycles. The fraction of sp³-hybridized carbons (Fsp3) is 0.304. The van der Waals surface area contributed by atoms with E-state index in [9.17, 15) is 4.79 Å². The van der Waals surface area contributed by atoms with E-state index < -0.39 is 0 Å². The highest BCUT2D eigenvalue weighted by atomic mass is 16.2. The summed E-state index contributed by atoms with van der Waals surface area (Å²) < 4.78 is 0. The van der Waals surface area contributed by atoms with Crippen LogP contribution in [0.15, 0.2) is 66.1 Å². The lowest BCUT2D eigenvalue weighted by atomic mass is 10.0. The number of rotatable bonds is 3. The van der Waals surface area contributed by atoms with E-state index in [-0.39, 0.29) is 5.91 Å². The van der Waals surface area contributed by atoms with Gasteiger partial charge in [-0.1, -0.05) is 30.0 Å². The van der Waals surface area contributed by atoms with Crippen LogP contribution < -0.4 is 0 Å². The molecule has 4 rings (SSSR count). The molecule has 0 atom stereocenters. The number of carbonyl (C=O) groups excluding carboxylic acids is 1. The normalized spacial score (nSPS) is 17.2. The van der Waals surface area contributed by atoms with Crippen LogP contribution in [-0.2, 0) is 11.3 Å². The van der Waals surface area contributed by atoms with E-state index in [2.05, 4.69) is 33.7 Å². The molecule has 142 valence electrons. The van der Waals surface area contributed by atoms with Gasteiger partial charge in [0, 0.05) is 56.8 Å². The molecule has 5 heteroatoms. The Bertz CT molecular complexity index is 927. The average molecular weight is 372 g/mol. The third kappa shape index (κ3) is 4.08. The number of amides is 1. The first-order valence-corrected chi connectivity index (χ1v) is 9.58. The van der Waals surface area contributed by atoms with Gasteiger partial charge in [-0.25, -0.2) is 0 Å². The smallest absolute Gasteiger partial charge is 0.254 e. The molecule has 0 saturated heterocycles. The molecule has 2 aromatic rings. The van der Waals surface area contributed by atoms with Crippen LogP contribution in [0.4, 0.5) is 0 Å². The molecular formula is C23H24N4O. The zero-order chi connectivity index (χ0) is 19.3. The fourth-order valence-electron chi connectivity index (χ4n) is 3.76. The number of pyridine rings is 1. The highest BCUT2D eigenvalue weighted by molar-refractivity contribution is 5.95. The SMILES string of the molecule is CN1CN(Cc2ccncc2)C(=O)C2=C1CCN(CC#Cc1ccccc1)C2. The van der Waals surface area contributed by atoms with Gasteiger partial charge in [0.1, 0.15) is 0 Å². The average Bonchev–Trinajstić information content (AvgIpc) is 2.73. The maximum absolute atomic E-state index is 13.1. The van der Waals surface area contributed by atoms with Gasteiger partial charge < -0.3 is 9.80 Å². The number of hydrogen-bond acceptors (Lipinski definition) is 4. The third-order valence-corrected chi connectivity index (χ3v) is 5.22. The third-order valence-electron chi connectivity index (χ3n) is 5.22. The summed E-state index contributed by atoms with van der Waals surface area (Å²) in [5.41, 5.74) is 4.22. The first kappa shape index (κ1) is 18.3. The van der Waals surface area contributed by atoms with Gasteiger partial charge in [0.05, 0.1) is 18.8 Å². The monoisotopic (exact) mass is 372 g/mol. The molecule has 3 heterocycles. The van der Waals surface area contributed by atoms with Crippen LogP contribution in [0.5, 0.6) is 0 Å². The zero-order valence-electron chi connectivity index (χ0n) is 16.1. The van der Waals surface area contributed by atoms with Crippen LogP contribution in [0.1, 0.15) is 17.5 Å². The van der Waals surface area contributed by atoms with Crippen LogP contribution in [0.3, 0.4) is 0 Å². The summed E-state index contributed by atoms with van der Waals surface area (Å²) in [5.74, 6) is 6.60. The fourth-order valence-corrected chi connectivity index (χ4v) is 3.76. The molecule has 0 spiro atoms. The molecule has 0 saturated carbocycles. The molecule has 0 aliphatic carbocycles. The molecule has 2 aliphatic rings. The molecule has 28 heavy (non-hydrogen) atoms. The lowest BCUT2D eigenvalue weighted by Crippen LogP contribution is -2.50. The summed E-state index contributed by atoms with van der Waals surface area (Å²) in [6.45, 7) is 3.51.